The summed E-state index contributed by atoms with van der Waals surface area (Å²) in [5.74, 6) is -0.201. The second-order valence-corrected chi connectivity index (χ2v) is 6.23. The lowest BCUT2D eigenvalue weighted by atomic mass is 10.1. The highest BCUT2D eigenvalue weighted by atomic mass is 19.4. The summed E-state index contributed by atoms with van der Waals surface area (Å²) in [5.41, 5.74) is -1.50. The van der Waals surface area contributed by atoms with Crippen LogP contribution < -0.4 is 10.2 Å². The molecule has 1 aliphatic heterocycles. The Balaban J connectivity index is 2.14. The Kier molecular flexibility index (Phi) is 6.06. The molecule has 10 heteroatoms. The van der Waals surface area contributed by atoms with Crippen LogP contribution in [0.1, 0.15) is 12.5 Å². The van der Waals surface area contributed by atoms with Gasteiger partial charge in [0.1, 0.15) is 5.69 Å². The number of nitrogens with one attached hydrogen (secondary N) is 1. The van der Waals surface area contributed by atoms with Gasteiger partial charge in [-0.05, 0) is 19.2 Å². The summed E-state index contributed by atoms with van der Waals surface area (Å²) in [6.45, 7) is 3.74. The lowest BCUT2D eigenvalue weighted by Crippen LogP contribution is -2.51. The first kappa shape index (κ1) is 20.0. The van der Waals surface area contributed by atoms with Crippen LogP contribution >= 0.6 is 0 Å². The second-order valence-electron chi connectivity index (χ2n) is 6.23. The summed E-state index contributed by atoms with van der Waals surface area (Å²) < 4.78 is 38.4. The van der Waals surface area contributed by atoms with Gasteiger partial charge in [0.2, 0.25) is 5.91 Å². The van der Waals surface area contributed by atoms with Gasteiger partial charge in [-0.1, -0.05) is 6.92 Å². The van der Waals surface area contributed by atoms with Gasteiger partial charge in [0.15, 0.2) is 0 Å². The molecular weight excluding hydrogens is 353 g/mol. The number of hydrogen-bond acceptors (Lipinski definition) is 5. The van der Waals surface area contributed by atoms with E-state index >= 15 is 0 Å². The molecule has 1 heterocycles. The van der Waals surface area contributed by atoms with E-state index in [4.69, 9.17) is 0 Å². The van der Waals surface area contributed by atoms with Crippen LogP contribution in [0, 0.1) is 16.0 Å². The Morgan fingerprint density at radius 2 is 1.92 bits per heavy atom. The number of amides is 1. The number of alkyl halides is 3. The molecule has 0 bridgehead atoms. The van der Waals surface area contributed by atoms with Gasteiger partial charge in [0.05, 0.1) is 10.5 Å². The third-order valence-electron chi connectivity index (χ3n) is 4.36. The number of carbonyl (C=O) groups is 1. The molecule has 144 valence electrons. The molecule has 0 radical (unpaired) electrons. The number of nitro groups is 1. The molecule has 0 aliphatic carbocycles. The van der Waals surface area contributed by atoms with Crippen molar-refractivity contribution in [2.24, 2.45) is 5.92 Å². The fourth-order valence-electron chi connectivity index (χ4n) is 2.99. The van der Waals surface area contributed by atoms with E-state index in [-0.39, 0.29) is 17.5 Å². The molecule has 1 amide bonds. The molecule has 1 atom stereocenters. The lowest BCUT2D eigenvalue weighted by molar-refractivity contribution is -0.384. The van der Waals surface area contributed by atoms with Crippen LogP contribution in [0.15, 0.2) is 18.2 Å². The molecule has 1 saturated heterocycles. The molecule has 0 saturated carbocycles. The van der Waals surface area contributed by atoms with Crippen molar-refractivity contribution in [1.29, 1.82) is 0 Å². The van der Waals surface area contributed by atoms with Crippen LogP contribution in [0.2, 0.25) is 0 Å². The normalized spacial score (nSPS) is 16.5. The van der Waals surface area contributed by atoms with Gasteiger partial charge in [-0.15, -0.1) is 0 Å². The van der Waals surface area contributed by atoms with Gasteiger partial charge in [0.25, 0.3) is 5.69 Å². The number of halogens is 3. The number of hydrogen-bond donors (Lipinski definition) is 1. The first-order chi connectivity index (χ1) is 12.1. The van der Waals surface area contributed by atoms with E-state index in [9.17, 15) is 28.1 Å². The Bertz CT molecular complexity index is 673. The molecule has 1 N–H and O–H groups in total. The molecule has 0 spiro atoms. The summed E-state index contributed by atoms with van der Waals surface area (Å²) >= 11 is 0. The van der Waals surface area contributed by atoms with Gasteiger partial charge in [0, 0.05) is 44.7 Å². The average Bonchev–Trinajstić information content (AvgIpc) is 2.60. The third-order valence-corrected chi connectivity index (χ3v) is 4.36. The Labute approximate surface area is 148 Å². The van der Waals surface area contributed by atoms with Crippen molar-refractivity contribution >= 4 is 17.3 Å². The van der Waals surface area contributed by atoms with Gasteiger partial charge in [-0.2, -0.15) is 13.2 Å². The Hall–Kier alpha value is -2.36. The lowest BCUT2D eigenvalue weighted by Gasteiger charge is -2.37. The number of rotatable bonds is 5. The van der Waals surface area contributed by atoms with Crippen LogP contribution in [0.5, 0.6) is 0 Å². The van der Waals surface area contributed by atoms with Crippen LogP contribution in [-0.4, -0.2) is 55.5 Å². The number of nitrogens with zero attached hydrogens (tertiary/aromatic N) is 3. The average molecular weight is 374 g/mol. The molecule has 1 aromatic carbocycles. The monoisotopic (exact) mass is 374 g/mol. The van der Waals surface area contributed by atoms with Gasteiger partial charge < -0.3 is 15.1 Å². The maximum atomic E-state index is 12.8. The van der Waals surface area contributed by atoms with Crippen molar-refractivity contribution in [2.45, 2.75) is 13.1 Å². The minimum Gasteiger partial charge on any atom is -0.362 e. The summed E-state index contributed by atoms with van der Waals surface area (Å²) in [7, 11) is 1.76. The van der Waals surface area contributed by atoms with E-state index in [0.717, 1.165) is 12.1 Å². The summed E-state index contributed by atoms with van der Waals surface area (Å²) in [6, 6.07) is 2.53. The first-order valence-electron chi connectivity index (χ1n) is 8.19. The molecular formula is C16H21F3N4O3. The van der Waals surface area contributed by atoms with Crippen molar-refractivity contribution in [3.8, 4) is 0 Å². The quantitative estimate of drug-likeness (QED) is 0.631. The number of benzene rings is 1. The van der Waals surface area contributed by atoms with Gasteiger partial charge >= 0.3 is 6.18 Å². The second kappa shape index (κ2) is 7.90. The number of nitro benzene ring substituents is 1. The predicted octanol–water partition coefficient (Wildman–Crippen LogP) is 2.12. The molecule has 26 heavy (non-hydrogen) atoms. The molecule has 1 aromatic rings. The number of anilines is 1. The SMILES string of the molecule is CNCC(C)C(=O)N1CCN(c2ccc(C(F)(F)F)cc2[N+](=O)[O-])CC1. The Morgan fingerprint density at radius 1 is 1.31 bits per heavy atom. The highest BCUT2D eigenvalue weighted by molar-refractivity contribution is 5.79. The predicted molar refractivity (Wildman–Crippen MR) is 90.0 cm³/mol. The maximum Gasteiger partial charge on any atom is 0.416 e. The topological polar surface area (TPSA) is 78.7 Å². The fourth-order valence-corrected chi connectivity index (χ4v) is 2.99. The number of carbonyl (C=O) groups excluding carboxylic acids is 1. The minimum absolute atomic E-state index is 0.0130. The highest BCUT2D eigenvalue weighted by Gasteiger charge is 2.34. The van der Waals surface area contributed by atoms with Gasteiger partial charge in [-0.3, -0.25) is 14.9 Å². The third kappa shape index (κ3) is 4.43. The summed E-state index contributed by atoms with van der Waals surface area (Å²) in [4.78, 5) is 26.0. The van der Waals surface area contributed by atoms with E-state index < -0.39 is 22.4 Å². The van der Waals surface area contributed by atoms with Crippen LogP contribution in [0.4, 0.5) is 24.5 Å². The zero-order valence-corrected chi connectivity index (χ0v) is 14.5. The standard InChI is InChI=1S/C16H21F3N4O3/c1-11(10-20-2)15(24)22-7-5-21(6-8-22)13-4-3-12(16(17,18)19)9-14(13)23(25)26/h3-4,9,11,20H,5-8,10H2,1-2H3. The van der Waals surface area contributed by atoms with E-state index in [1.54, 1.807) is 16.8 Å². The van der Waals surface area contributed by atoms with E-state index in [1.807, 2.05) is 6.92 Å². The van der Waals surface area contributed by atoms with Crippen LogP contribution in [-0.2, 0) is 11.0 Å². The smallest absolute Gasteiger partial charge is 0.362 e. The number of piperazine rings is 1. The molecule has 7 nitrogen and oxygen atoms in total. The van der Waals surface area contributed by atoms with Crippen molar-refractivity contribution in [3.63, 3.8) is 0 Å². The summed E-state index contributed by atoms with van der Waals surface area (Å²) in [5, 5.41) is 14.2. The van der Waals surface area contributed by atoms with Crippen molar-refractivity contribution in [1.82, 2.24) is 10.2 Å². The molecule has 2 rings (SSSR count). The first-order valence-corrected chi connectivity index (χ1v) is 8.19. The zero-order chi connectivity index (χ0) is 19.5. The van der Waals surface area contributed by atoms with Crippen LogP contribution in [0.3, 0.4) is 0 Å². The Morgan fingerprint density at radius 3 is 2.42 bits per heavy atom. The van der Waals surface area contributed by atoms with Crippen molar-refractivity contribution < 1.29 is 22.9 Å². The molecule has 0 aromatic heterocycles. The van der Waals surface area contributed by atoms with E-state index in [1.165, 1.54) is 0 Å². The summed E-state index contributed by atoms with van der Waals surface area (Å²) in [6.07, 6.45) is -4.64. The largest absolute Gasteiger partial charge is 0.416 e. The molecule has 1 fully saturated rings. The zero-order valence-electron chi connectivity index (χ0n) is 14.5. The maximum absolute atomic E-state index is 12.8. The molecule has 1 aliphatic rings. The van der Waals surface area contributed by atoms with Gasteiger partial charge in [-0.25, -0.2) is 0 Å². The fraction of sp³-hybridized carbons (Fsp3) is 0.562. The van der Waals surface area contributed by atoms with Crippen molar-refractivity contribution in [2.75, 3.05) is 44.7 Å². The molecule has 1 unspecified atom stereocenters. The van der Waals surface area contributed by atoms with E-state index in [2.05, 4.69) is 5.32 Å². The minimum atomic E-state index is -4.64. The highest BCUT2D eigenvalue weighted by Crippen LogP contribution is 2.36. The van der Waals surface area contributed by atoms with Crippen molar-refractivity contribution in [3.05, 3.63) is 33.9 Å². The van der Waals surface area contributed by atoms with Crippen LogP contribution in [0.25, 0.3) is 0 Å². The van der Waals surface area contributed by atoms with E-state index in [0.29, 0.717) is 38.8 Å².